The number of aliphatic carboxylic acids is 1. The van der Waals surface area contributed by atoms with Gasteiger partial charge in [0.25, 0.3) is 0 Å². The van der Waals surface area contributed by atoms with Gasteiger partial charge in [-0.15, -0.1) is 16.9 Å². The molecule has 20 heavy (non-hydrogen) atoms. The van der Waals surface area contributed by atoms with E-state index in [0.717, 1.165) is 37.7 Å². The van der Waals surface area contributed by atoms with Gasteiger partial charge in [0.15, 0.2) is 0 Å². The van der Waals surface area contributed by atoms with Crippen molar-refractivity contribution >= 4 is 23.6 Å². The molecule has 0 bridgehead atoms. The number of carboxylic acids is 1. The third kappa shape index (κ3) is 4.52. The average Bonchev–Trinajstić information content (AvgIpc) is 2.91. The third-order valence-corrected chi connectivity index (χ3v) is 4.14. The lowest BCUT2D eigenvalue weighted by Gasteiger charge is -2.32. The highest BCUT2D eigenvalue weighted by molar-refractivity contribution is 8.00. The largest absolute Gasteiger partial charge is 0.481 e. The number of hydrogen-bond acceptors (Lipinski definition) is 5. The average molecular weight is 298 g/mol. The summed E-state index contributed by atoms with van der Waals surface area (Å²) in [7, 11) is 0. The van der Waals surface area contributed by atoms with Crippen molar-refractivity contribution in [2.75, 3.05) is 24.6 Å². The quantitative estimate of drug-likeness (QED) is 0.814. The van der Waals surface area contributed by atoms with Crippen LogP contribution in [0.3, 0.4) is 0 Å². The second-order valence-corrected chi connectivity index (χ2v) is 5.85. The molecule has 1 aliphatic rings. The zero-order chi connectivity index (χ0) is 14.4. The fraction of sp³-hybridized carbons (Fsp3) is 0.667. The summed E-state index contributed by atoms with van der Waals surface area (Å²) in [6.07, 6.45) is 5.53. The first-order chi connectivity index (χ1) is 9.65. The number of carbonyl (C=O) groups is 2. The van der Waals surface area contributed by atoms with Gasteiger partial charge in [-0.25, -0.2) is 0 Å². The molecule has 1 aliphatic heterocycles. The molecule has 2 heterocycles. The number of carbonyl (C=O) groups excluding carboxylic acids is 1. The monoisotopic (exact) mass is 298 g/mol. The lowest BCUT2D eigenvalue weighted by molar-refractivity contribution is -0.133. The van der Waals surface area contributed by atoms with E-state index in [1.54, 1.807) is 10.9 Å². The highest BCUT2D eigenvalue weighted by Gasteiger charge is 2.24. The second kappa shape index (κ2) is 7.28. The minimum Gasteiger partial charge on any atom is -0.481 e. The summed E-state index contributed by atoms with van der Waals surface area (Å²) in [6.45, 7) is 2.25. The van der Waals surface area contributed by atoms with E-state index in [4.69, 9.17) is 5.11 Å². The first-order valence-corrected chi connectivity index (χ1v) is 7.72. The molecule has 1 N–H and O–H groups in total. The zero-order valence-electron chi connectivity index (χ0n) is 11.1. The molecule has 0 radical (unpaired) electrons. The number of thioether (sulfide) groups is 1. The summed E-state index contributed by atoms with van der Waals surface area (Å²) in [6, 6.07) is 0. The molecule has 0 aliphatic carbocycles. The number of amides is 1. The normalized spacial score (nSPS) is 19.0. The molecule has 1 fully saturated rings. The van der Waals surface area contributed by atoms with Crippen LogP contribution < -0.4 is 0 Å². The number of likely N-dealkylation sites (tertiary alicyclic amines) is 1. The SMILES string of the molecule is O=C(O)CSCC(=O)N1CCCC(Cn2ccnn2)C1. The first kappa shape index (κ1) is 14.8. The lowest BCUT2D eigenvalue weighted by Crippen LogP contribution is -2.42. The smallest absolute Gasteiger partial charge is 0.313 e. The molecule has 0 spiro atoms. The van der Waals surface area contributed by atoms with E-state index in [-0.39, 0.29) is 17.4 Å². The Labute approximate surface area is 121 Å². The maximum absolute atomic E-state index is 12.0. The number of rotatable bonds is 6. The summed E-state index contributed by atoms with van der Waals surface area (Å²) in [5.74, 6) is -0.256. The van der Waals surface area contributed by atoms with Gasteiger partial charge in [-0.1, -0.05) is 5.21 Å². The van der Waals surface area contributed by atoms with E-state index in [1.165, 1.54) is 0 Å². The van der Waals surface area contributed by atoms with Crippen LogP contribution in [0, 0.1) is 5.92 Å². The molecule has 0 saturated carbocycles. The standard InChI is InChI=1S/C12H18N4O3S/c17-11(8-20-9-12(18)19)15-4-1-2-10(6-15)7-16-5-3-13-14-16/h3,5,10H,1-2,4,6-9H2,(H,18,19). The summed E-state index contributed by atoms with van der Waals surface area (Å²) >= 11 is 1.15. The summed E-state index contributed by atoms with van der Waals surface area (Å²) in [5, 5.41) is 16.3. The van der Waals surface area contributed by atoms with E-state index in [9.17, 15) is 9.59 Å². The van der Waals surface area contributed by atoms with Crippen molar-refractivity contribution in [3.05, 3.63) is 12.4 Å². The van der Waals surface area contributed by atoms with Crippen LogP contribution in [0.1, 0.15) is 12.8 Å². The minimum atomic E-state index is -0.884. The van der Waals surface area contributed by atoms with E-state index in [2.05, 4.69) is 10.3 Å². The van der Waals surface area contributed by atoms with Gasteiger partial charge in [0, 0.05) is 25.8 Å². The van der Waals surface area contributed by atoms with Crippen LogP contribution in [-0.4, -0.2) is 61.5 Å². The second-order valence-electron chi connectivity index (χ2n) is 4.86. The maximum atomic E-state index is 12.0. The Morgan fingerprint density at radius 3 is 2.95 bits per heavy atom. The van der Waals surface area contributed by atoms with Crippen molar-refractivity contribution < 1.29 is 14.7 Å². The van der Waals surface area contributed by atoms with Gasteiger partial charge >= 0.3 is 5.97 Å². The third-order valence-electron chi connectivity index (χ3n) is 3.24. The van der Waals surface area contributed by atoms with Crippen molar-refractivity contribution in [3.8, 4) is 0 Å². The molecule has 1 amide bonds. The van der Waals surface area contributed by atoms with Crippen molar-refractivity contribution in [3.63, 3.8) is 0 Å². The van der Waals surface area contributed by atoms with Crippen molar-refractivity contribution in [2.24, 2.45) is 5.92 Å². The van der Waals surface area contributed by atoms with Crippen LogP contribution in [0.15, 0.2) is 12.4 Å². The van der Waals surface area contributed by atoms with Crippen LogP contribution in [0.2, 0.25) is 0 Å². The van der Waals surface area contributed by atoms with Crippen molar-refractivity contribution in [1.29, 1.82) is 0 Å². The van der Waals surface area contributed by atoms with Crippen LogP contribution in [0.4, 0.5) is 0 Å². The molecule has 7 nitrogen and oxygen atoms in total. The molecule has 2 rings (SSSR count). The van der Waals surface area contributed by atoms with Crippen LogP contribution >= 0.6 is 11.8 Å². The molecule has 1 aromatic rings. The Balaban J connectivity index is 1.77. The van der Waals surface area contributed by atoms with Crippen LogP contribution in [0.25, 0.3) is 0 Å². The number of piperidine rings is 1. The topological polar surface area (TPSA) is 88.3 Å². The molecule has 8 heteroatoms. The number of carboxylic acid groups (broad SMARTS) is 1. The zero-order valence-corrected chi connectivity index (χ0v) is 12.0. The Kier molecular flexibility index (Phi) is 5.40. The van der Waals surface area contributed by atoms with E-state index >= 15 is 0 Å². The Bertz CT molecular complexity index is 452. The summed E-state index contributed by atoms with van der Waals surface area (Å²) < 4.78 is 1.79. The van der Waals surface area contributed by atoms with Gasteiger partial charge in [-0.3, -0.25) is 14.3 Å². The minimum absolute atomic E-state index is 0.0258. The number of aromatic nitrogens is 3. The van der Waals surface area contributed by atoms with Gasteiger partial charge in [0.2, 0.25) is 5.91 Å². The van der Waals surface area contributed by atoms with Gasteiger partial charge < -0.3 is 10.0 Å². The van der Waals surface area contributed by atoms with Crippen LogP contribution in [-0.2, 0) is 16.1 Å². The molecular weight excluding hydrogens is 280 g/mol. The summed E-state index contributed by atoms with van der Waals surface area (Å²) in [4.78, 5) is 24.3. The molecule has 110 valence electrons. The Morgan fingerprint density at radius 1 is 1.40 bits per heavy atom. The van der Waals surface area contributed by atoms with E-state index in [1.807, 2.05) is 11.1 Å². The maximum Gasteiger partial charge on any atom is 0.313 e. The number of hydrogen-bond donors (Lipinski definition) is 1. The molecule has 1 atom stereocenters. The molecule has 1 unspecified atom stereocenters. The highest BCUT2D eigenvalue weighted by atomic mass is 32.2. The lowest BCUT2D eigenvalue weighted by atomic mass is 9.98. The molecule has 1 aromatic heterocycles. The fourth-order valence-corrected chi connectivity index (χ4v) is 2.99. The predicted molar refractivity (Wildman–Crippen MR) is 74.3 cm³/mol. The molecular formula is C12H18N4O3S. The van der Waals surface area contributed by atoms with Crippen molar-refractivity contribution in [2.45, 2.75) is 19.4 Å². The summed E-state index contributed by atoms with van der Waals surface area (Å²) in [5.41, 5.74) is 0. The number of nitrogens with zero attached hydrogens (tertiary/aromatic N) is 4. The molecule has 1 saturated heterocycles. The van der Waals surface area contributed by atoms with Crippen molar-refractivity contribution in [1.82, 2.24) is 19.9 Å². The Hall–Kier alpha value is -1.57. The van der Waals surface area contributed by atoms with Gasteiger partial charge in [0.05, 0.1) is 17.7 Å². The van der Waals surface area contributed by atoms with Crippen LogP contribution in [0.5, 0.6) is 0 Å². The Morgan fingerprint density at radius 2 is 2.25 bits per heavy atom. The van der Waals surface area contributed by atoms with Gasteiger partial charge in [-0.05, 0) is 18.8 Å². The van der Waals surface area contributed by atoms with Gasteiger partial charge in [-0.2, -0.15) is 0 Å². The highest BCUT2D eigenvalue weighted by Crippen LogP contribution is 2.19. The van der Waals surface area contributed by atoms with Gasteiger partial charge in [0.1, 0.15) is 0 Å². The first-order valence-electron chi connectivity index (χ1n) is 6.56. The van der Waals surface area contributed by atoms with E-state index < -0.39 is 5.97 Å². The fourth-order valence-electron chi connectivity index (χ4n) is 2.35. The molecule has 0 aromatic carbocycles. The van der Waals surface area contributed by atoms with E-state index in [0.29, 0.717) is 12.5 Å². The predicted octanol–water partition coefficient (Wildman–Crippen LogP) is 0.334.